The molecule has 2 aromatic rings. The molecule has 3 rings (SSSR count). The smallest absolute Gasteiger partial charge is 0.181 e. The maximum absolute atomic E-state index is 3.54. The largest absolute Gasteiger partial charge is 0.342 e. The molecule has 10 heavy (non-hydrogen) atoms. The van der Waals surface area contributed by atoms with E-state index in [-0.39, 0.29) is 0 Å². The van der Waals surface area contributed by atoms with Crippen molar-refractivity contribution in [3.8, 4) is 0 Å². The molecule has 1 aliphatic rings. The van der Waals surface area contributed by atoms with Gasteiger partial charge in [0.2, 0.25) is 0 Å². The van der Waals surface area contributed by atoms with E-state index in [1.54, 1.807) is 12.4 Å². The van der Waals surface area contributed by atoms with E-state index in [0.29, 0.717) is 0 Å². The van der Waals surface area contributed by atoms with Gasteiger partial charge in [-0.2, -0.15) is 0 Å². The van der Waals surface area contributed by atoms with Gasteiger partial charge in [-0.15, -0.1) is 0 Å². The molecule has 0 saturated heterocycles. The minimum Gasteiger partial charge on any atom is -0.342 e. The Bertz CT molecular complexity index is 243. The molecule has 0 atom stereocenters. The van der Waals surface area contributed by atoms with Crippen molar-refractivity contribution in [3.63, 3.8) is 0 Å². The van der Waals surface area contributed by atoms with E-state index < -0.39 is 0 Å². The van der Waals surface area contributed by atoms with Crippen molar-refractivity contribution in [1.29, 1.82) is 0 Å². The van der Waals surface area contributed by atoms with E-state index in [9.17, 15) is 0 Å². The van der Waals surface area contributed by atoms with Crippen molar-refractivity contribution in [2.45, 2.75) is 0 Å². The first-order chi connectivity index (χ1) is 4.97. The monoisotopic (exact) mass is 134 g/mol. The Labute approximate surface area is 58.1 Å². The molecule has 1 aliphatic heterocycles. The zero-order chi connectivity index (χ0) is 6.81. The van der Waals surface area contributed by atoms with Gasteiger partial charge in [-0.3, -0.25) is 9.36 Å². The lowest BCUT2D eigenvalue weighted by molar-refractivity contribution is 0.962. The molecule has 0 aromatic carbocycles. The molecule has 0 fully saturated rings. The van der Waals surface area contributed by atoms with E-state index in [1.807, 2.05) is 28.4 Å². The highest BCUT2D eigenvalue weighted by molar-refractivity contribution is 4.99. The van der Waals surface area contributed by atoms with Gasteiger partial charge in [-0.05, 0) is 0 Å². The summed E-state index contributed by atoms with van der Waals surface area (Å²) in [6.07, 6.45) is 9.83. The summed E-state index contributed by atoms with van der Waals surface area (Å²) in [7, 11) is 0. The van der Waals surface area contributed by atoms with Crippen molar-refractivity contribution < 1.29 is 0 Å². The number of hydrogen-bond donors (Lipinski definition) is 1. The molecule has 0 unspecified atom stereocenters. The van der Waals surface area contributed by atoms with Crippen LogP contribution in [0.4, 0.5) is 0 Å². The summed E-state index contributed by atoms with van der Waals surface area (Å²) in [5.74, 6) is 0. The molecule has 2 aromatic heterocycles. The van der Waals surface area contributed by atoms with Crippen LogP contribution in [0.5, 0.6) is 0 Å². The first kappa shape index (κ1) is 5.34. The molecule has 1 N–H and O–H groups in total. The predicted molar refractivity (Wildman–Crippen MR) is 34.9 cm³/mol. The first-order valence-electron chi connectivity index (χ1n) is 2.92. The Morgan fingerprint density at radius 3 is 2.20 bits per heavy atom. The Balaban J connectivity index is 0.0000000807. The molecule has 0 saturated carbocycles. The highest BCUT2D eigenvalue weighted by Gasteiger charge is 2.12. The number of imidazole rings is 1. The molecule has 50 valence electrons. The Morgan fingerprint density at radius 1 is 1.30 bits per heavy atom. The van der Waals surface area contributed by atoms with Crippen molar-refractivity contribution in [1.82, 2.24) is 19.3 Å². The van der Waals surface area contributed by atoms with Gasteiger partial charge >= 0.3 is 0 Å². The zero-order valence-corrected chi connectivity index (χ0v) is 5.23. The van der Waals surface area contributed by atoms with Crippen LogP contribution in [0, 0.1) is 13.0 Å². The molecule has 0 spiro atoms. The van der Waals surface area contributed by atoms with Gasteiger partial charge < -0.3 is 4.98 Å². The van der Waals surface area contributed by atoms with Crippen molar-refractivity contribution in [3.05, 3.63) is 37.8 Å². The quantitative estimate of drug-likeness (QED) is 0.472. The fourth-order valence-electron chi connectivity index (χ4n) is 0.582. The SMILES string of the molecule is [CH]1n2ccn21.[c]1ncc[nH]1. The molecule has 4 nitrogen and oxygen atoms in total. The lowest BCUT2D eigenvalue weighted by atomic mass is 10.9. The van der Waals surface area contributed by atoms with E-state index in [4.69, 9.17) is 0 Å². The average molecular weight is 134 g/mol. The summed E-state index contributed by atoms with van der Waals surface area (Å²) >= 11 is 0. The standard InChI is InChI=1S/2C3H3N2/c1-2-5-3-4(1)5;1-2-5-3-4-1/h1-3H;1-2H,(H,4,5). The molecule has 3 heterocycles. The van der Waals surface area contributed by atoms with Crippen LogP contribution in [0.3, 0.4) is 0 Å². The van der Waals surface area contributed by atoms with E-state index >= 15 is 0 Å². The van der Waals surface area contributed by atoms with Crippen LogP contribution in [0.2, 0.25) is 0 Å². The number of fused-ring (bicyclic) bond motifs is 1. The third-order valence-corrected chi connectivity index (χ3v) is 1.18. The van der Waals surface area contributed by atoms with Crippen LogP contribution in [0.15, 0.2) is 24.8 Å². The number of hydrogen-bond acceptors (Lipinski definition) is 1. The van der Waals surface area contributed by atoms with Gasteiger partial charge in [0.25, 0.3) is 0 Å². The fourth-order valence-corrected chi connectivity index (χ4v) is 0.582. The number of nitrogens with one attached hydrogen (secondary N) is 1. The van der Waals surface area contributed by atoms with Gasteiger partial charge in [0, 0.05) is 24.8 Å². The number of nitrogens with zero attached hydrogens (tertiary/aromatic N) is 3. The number of aromatic amines is 1. The Kier molecular flexibility index (Phi) is 1.10. The maximum atomic E-state index is 3.54. The number of H-pyrrole nitrogens is 1. The highest BCUT2D eigenvalue weighted by atomic mass is 15.6. The van der Waals surface area contributed by atoms with E-state index in [2.05, 4.69) is 16.3 Å². The van der Waals surface area contributed by atoms with Crippen LogP contribution in [0.25, 0.3) is 0 Å². The van der Waals surface area contributed by atoms with Crippen LogP contribution >= 0.6 is 0 Å². The molecule has 0 aliphatic carbocycles. The summed E-state index contributed by atoms with van der Waals surface area (Å²) in [6.45, 7) is 2.00. The van der Waals surface area contributed by atoms with Gasteiger partial charge in [0.1, 0.15) is 0 Å². The lowest BCUT2D eigenvalue weighted by Crippen LogP contribution is -1.75. The number of aromatic nitrogens is 4. The summed E-state index contributed by atoms with van der Waals surface area (Å²) in [6, 6.07) is 0. The van der Waals surface area contributed by atoms with Crippen molar-refractivity contribution >= 4 is 0 Å². The van der Waals surface area contributed by atoms with Gasteiger partial charge in [-0.25, -0.2) is 4.98 Å². The normalized spacial score (nSPS) is 11.6. The van der Waals surface area contributed by atoms with Crippen LogP contribution in [-0.2, 0) is 0 Å². The zero-order valence-electron chi connectivity index (χ0n) is 5.23. The minimum atomic E-state index is 1.64. The predicted octanol–water partition coefficient (Wildman–Crippen LogP) is 0.329. The first-order valence-corrected chi connectivity index (χ1v) is 2.92. The second-order valence-corrected chi connectivity index (χ2v) is 1.87. The summed E-state index contributed by atoms with van der Waals surface area (Å²) in [4.78, 5) is 6.17. The molecule has 2 radical (unpaired) electrons. The van der Waals surface area contributed by atoms with Crippen molar-refractivity contribution in [2.75, 3.05) is 0 Å². The lowest BCUT2D eigenvalue weighted by Gasteiger charge is -1.76. The molecule has 4 heteroatoms. The third-order valence-electron chi connectivity index (χ3n) is 1.18. The number of rotatable bonds is 0. The van der Waals surface area contributed by atoms with Gasteiger partial charge in [0.05, 0.1) is 0 Å². The van der Waals surface area contributed by atoms with Crippen LogP contribution in [-0.4, -0.2) is 19.3 Å². The van der Waals surface area contributed by atoms with E-state index in [1.165, 1.54) is 0 Å². The van der Waals surface area contributed by atoms with Crippen molar-refractivity contribution in [2.24, 2.45) is 0 Å². The summed E-state index contributed by atoms with van der Waals surface area (Å²) in [5.41, 5.74) is 0. The maximum Gasteiger partial charge on any atom is 0.181 e. The third kappa shape index (κ3) is 0.953. The Morgan fingerprint density at radius 2 is 2.10 bits per heavy atom. The van der Waals surface area contributed by atoms with Gasteiger partial charge in [-0.1, -0.05) is 0 Å². The molecular weight excluding hydrogens is 128 g/mol. The second-order valence-electron chi connectivity index (χ2n) is 1.87. The Hall–Kier alpha value is -1.45. The fraction of sp³-hybridized carbons (Fsp3) is 0. The highest BCUT2D eigenvalue weighted by Crippen LogP contribution is 2.09. The van der Waals surface area contributed by atoms with Crippen LogP contribution < -0.4 is 0 Å². The summed E-state index contributed by atoms with van der Waals surface area (Å²) in [5, 5.41) is 0. The average Bonchev–Trinajstić information content (AvgIpc) is 2.43. The second kappa shape index (κ2) is 2.06. The van der Waals surface area contributed by atoms with Crippen LogP contribution in [0.1, 0.15) is 0 Å². The molecule has 0 amide bonds. The van der Waals surface area contributed by atoms with E-state index in [0.717, 1.165) is 0 Å². The molecular formula is C6H6N4. The van der Waals surface area contributed by atoms with Gasteiger partial charge in [0.15, 0.2) is 13.0 Å². The topological polar surface area (TPSA) is 38.5 Å². The minimum absolute atomic E-state index is 1.64. The summed E-state index contributed by atoms with van der Waals surface area (Å²) < 4.78 is 4.00. The molecule has 0 bridgehead atoms.